The molecule has 0 saturated carbocycles. The van der Waals surface area contributed by atoms with Crippen molar-refractivity contribution < 1.29 is 19.5 Å². The van der Waals surface area contributed by atoms with E-state index in [1.54, 1.807) is 17.0 Å². The van der Waals surface area contributed by atoms with Gasteiger partial charge in [0.2, 0.25) is 11.8 Å². The molecule has 0 bridgehead atoms. The van der Waals surface area contributed by atoms with E-state index in [1.165, 1.54) is 12.1 Å². The summed E-state index contributed by atoms with van der Waals surface area (Å²) in [7, 11) is 0. The third kappa shape index (κ3) is 5.35. The van der Waals surface area contributed by atoms with Crippen molar-refractivity contribution in [3.05, 3.63) is 58.6 Å². The van der Waals surface area contributed by atoms with Crippen LogP contribution in [0.15, 0.2) is 53.0 Å². The van der Waals surface area contributed by atoms with E-state index in [9.17, 15) is 19.5 Å². The van der Waals surface area contributed by atoms with Crippen LogP contribution in [-0.4, -0.2) is 42.5 Å². The molecule has 2 aromatic carbocycles. The van der Waals surface area contributed by atoms with E-state index in [2.05, 4.69) is 26.6 Å². The summed E-state index contributed by atoms with van der Waals surface area (Å²) in [6.07, 6.45) is 1.01. The maximum Gasteiger partial charge on any atom is 0.251 e. The molecule has 0 aliphatic carbocycles. The number of carbonyl (C=O) groups is 3. The number of carbonyl (C=O) groups excluding carboxylic acids is 3. The van der Waals surface area contributed by atoms with Crippen molar-refractivity contribution in [1.29, 1.82) is 0 Å². The van der Waals surface area contributed by atoms with Gasteiger partial charge in [-0.1, -0.05) is 28.1 Å². The predicted molar refractivity (Wildman–Crippen MR) is 113 cm³/mol. The van der Waals surface area contributed by atoms with Crippen LogP contribution in [0, 0.1) is 5.92 Å². The molecule has 1 fully saturated rings. The molecule has 0 radical (unpaired) electrons. The number of rotatable bonds is 7. The largest absolute Gasteiger partial charge is 0.508 e. The quantitative estimate of drug-likeness (QED) is 0.437. The number of hydrogen-bond acceptors (Lipinski definition) is 4. The first-order valence-corrected chi connectivity index (χ1v) is 10.2. The summed E-state index contributed by atoms with van der Waals surface area (Å²) < 4.78 is 0.878. The molecule has 1 unspecified atom stereocenters. The van der Waals surface area contributed by atoms with Crippen LogP contribution >= 0.6 is 15.9 Å². The highest BCUT2D eigenvalue weighted by molar-refractivity contribution is 9.10. The number of benzene rings is 2. The van der Waals surface area contributed by atoms with Crippen molar-refractivity contribution in [3.63, 3.8) is 0 Å². The lowest BCUT2D eigenvalue weighted by Gasteiger charge is -2.17. The monoisotopic (exact) mass is 459 g/mol. The number of anilines is 1. The molecule has 1 aliphatic heterocycles. The van der Waals surface area contributed by atoms with Crippen LogP contribution in [0.3, 0.4) is 0 Å². The van der Waals surface area contributed by atoms with E-state index in [0.717, 1.165) is 10.2 Å². The fraction of sp³-hybridized carbons (Fsp3) is 0.286. The van der Waals surface area contributed by atoms with E-state index in [1.807, 2.05) is 24.3 Å². The lowest BCUT2D eigenvalue weighted by molar-refractivity contribution is -0.132. The highest BCUT2D eigenvalue weighted by atomic mass is 79.9. The van der Waals surface area contributed by atoms with E-state index in [-0.39, 0.29) is 23.5 Å². The van der Waals surface area contributed by atoms with Crippen molar-refractivity contribution in [1.82, 2.24) is 10.6 Å². The van der Waals surface area contributed by atoms with Gasteiger partial charge < -0.3 is 20.6 Å². The molecule has 3 rings (SSSR count). The van der Waals surface area contributed by atoms with E-state index >= 15 is 0 Å². The summed E-state index contributed by atoms with van der Waals surface area (Å²) in [5.41, 5.74) is 1.15. The lowest BCUT2D eigenvalue weighted by atomic mass is 10.1. The summed E-state index contributed by atoms with van der Waals surface area (Å²) >= 11 is 3.39. The van der Waals surface area contributed by atoms with Gasteiger partial charge in [0.25, 0.3) is 5.91 Å². The average molecular weight is 460 g/mol. The van der Waals surface area contributed by atoms with Gasteiger partial charge in [0.15, 0.2) is 0 Å². The number of nitrogens with zero attached hydrogens (tertiary/aromatic N) is 1. The van der Waals surface area contributed by atoms with Gasteiger partial charge in [-0.15, -0.1) is 0 Å². The Bertz CT molecular complexity index is 918. The van der Waals surface area contributed by atoms with Crippen LogP contribution in [0.4, 0.5) is 5.69 Å². The standard InChI is InChI=1S/C21H22BrN3O4/c22-15-5-2-6-16(13-15)25-11-8-18(21(25)29)20(28)24-10-3-9-23-19(27)14-4-1-7-17(26)12-14/h1-2,4-7,12-13,18,26H,3,8-11H2,(H,23,27)(H,24,28). The molecule has 152 valence electrons. The van der Waals surface area contributed by atoms with Crippen molar-refractivity contribution in [2.45, 2.75) is 12.8 Å². The second-order valence-electron chi connectivity index (χ2n) is 6.76. The fourth-order valence-electron chi connectivity index (χ4n) is 3.20. The van der Waals surface area contributed by atoms with Gasteiger partial charge in [-0.3, -0.25) is 14.4 Å². The molecule has 29 heavy (non-hydrogen) atoms. The van der Waals surface area contributed by atoms with Crippen LogP contribution in [0.1, 0.15) is 23.2 Å². The third-order valence-corrected chi connectivity index (χ3v) is 5.18. The number of hydrogen-bond donors (Lipinski definition) is 3. The van der Waals surface area contributed by atoms with Crippen LogP contribution in [0.25, 0.3) is 0 Å². The predicted octanol–water partition coefficient (Wildman–Crippen LogP) is 2.44. The summed E-state index contributed by atoms with van der Waals surface area (Å²) in [4.78, 5) is 38.6. The maximum atomic E-state index is 12.6. The maximum absolute atomic E-state index is 12.6. The smallest absolute Gasteiger partial charge is 0.251 e. The zero-order chi connectivity index (χ0) is 20.8. The third-order valence-electron chi connectivity index (χ3n) is 4.69. The van der Waals surface area contributed by atoms with Crippen molar-refractivity contribution in [2.24, 2.45) is 5.92 Å². The first-order valence-electron chi connectivity index (χ1n) is 9.37. The van der Waals surface area contributed by atoms with Gasteiger partial charge in [-0.2, -0.15) is 0 Å². The second kappa shape index (κ2) is 9.56. The molecule has 1 saturated heterocycles. The van der Waals surface area contributed by atoms with E-state index in [4.69, 9.17) is 0 Å². The second-order valence-corrected chi connectivity index (χ2v) is 7.68. The molecule has 1 aliphatic rings. The Kier molecular flexibility index (Phi) is 6.87. The molecule has 3 N–H and O–H groups in total. The Labute approximate surface area is 177 Å². The number of phenols is 1. The molecule has 8 heteroatoms. The van der Waals surface area contributed by atoms with Crippen LogP contribution in [0.5, 0.6) is 5.75 Å². The van der Waals surface area contributed by atoms with Crippen molar-refractivity contribution in [3.8, 4) is 5.75 Å². The van der Waals surface area contributed by atoms with E-state index in [0.29, 0.717) is 38.0 Å². The Hall–Kier alpha value is -2.87. The summed E-state index contributed by atoms with van der Waals surface area (Å²) in [5.74, 6) is -1.42. The molecular weight excluding hydrogens is 438 g/mol. The fourth-order valence-corrected chi connectivity index (χ4v) is 3.59. The molecule has 7 nitrogen and oxygen atoms in total. The Balaban J connectivity index is 1.41. The molecular formula is C21H22BrN3O4. The zero-order valence-electron chi connectivity index (χ0n) is 15.7. The summed E-state index contributed by atoms with van der Waals surface area (Å²) in [6.45, 7) is 1.24. The first kappa shape index (κ1) is 20.9. The molecule has 0 aromatic heterocycles. The minimum absolute atomic E-state index is 0.0306. The number of halogens is 1. The number of amides is 3. The SMILES string of the molecule is O=C(NCCCNC(=O)C1CCN(c2cccc(Br)c2)C1=O)c1cccc(O)c1. The topological polar surface area (TPSA) is 98.7 Å². The Morgan fingerprint density at radius 2 is 1.86 bits per heavy atom. The summed E-state index contributed by atoms with van der Waals surface area (Å²) in [6, 6.07) is 13.5. The minimum Gasteiger partial charge on any atom is -0.508 e. The van der Waals surface area contributed by atoms with Gasteiger partial charge in [-0.05, 0) is 49.2 Å². The Morgan fingerprint density at radius 3 is 2.62 bits per heavy atom. The van der Waals surface area contributed by atoms with Gasteiger partial charge in [0, 0.05) is 35.4 Å². The normalized spacial score (nSPS) is 16.0. The van der Waals surface area contributed by atoms with Gasteiger partial charge in [-0.25, -0.2) is 0 Å². The van der Waals surface area contributed by atoms with Crippen LogP contribution in [-0.2, 0) is 9.59 Å². The molecule has 1 heterocycles. The number of phenolic OH excluding ortho intramolecular Hbond substituents is 1. The average Bonchev–Trinajstić information content (AvgIpc) is 3.09. The lowest BCUT2D eigenvalue weighted by Crippen LogP contribution is -2.38. The zero-order valence-corrected chi connectivity index (χ0v) is 17.3. The first-order chi connectivity index (χ1) is 14.0. The van der Waals surface area contributed by atoms with Gasteiger partial charge in [0.1, 0.15) is 11.7 Å². The molecule has 1 atom stereocenters. The molecule has 2 aromatic rings. The van der Waals surface area contributed by atoms with Crippen molar-refractivity contribution in [2.75, 3.05) is 24.5 Å². The highest BCUT2D eigenvalue weighted by Gasteiger charge is 2.37. The Morgan fingerprint density at radius 1 is 1.10 bits per heavy atom. The van der Waals surface area contributed by atoms with E-state index < -0.39 is 5.92 Å². The van der Waals surface area contributed by atoms with Gasteiger partial charge >= 0.3 is 0 Å². The van der Waals surface area contributed by atoms with Crippen LogP contribution < -0.4 is 15.5 Å². The number of aromatic hydroxyl groups is 1. The number of nitrogens with one attached hydrogen (secondary N) is 2. The molecule has 0 spiro atoms. The highest BCUT2D eigenvalue weighted by Crippen LogP contribution is 2.27. The van der Waals surface area contributed by atoms with Crippen LogP contribution in [0.2, 0.25) is 0 Å². The minimum atomic E-state index is -0.684. The van der Waals surface area contributed by atoms with Crippen molar-refractivity contribution >= 4 is 39.3 Å². The molecule has 3 amide bonds. The summed E-state index contributed by atoms with van der Waals surface area (Å²) in [5, 5.41) is 14.9. The van der Waals surface area contributed by atoms with Gasteiger partial charge in [0.05, 0.1) is 0 Å².